The standard InChI is InChI=1S/C15H23NO/c1-10-5-6-12-14(2,3)13-11(9-16-17-13)8-15(12,4)7-10/h9-10,12H,5-8H2,1-4H3/t10?,12-,15-/m0/s1. The van der Waals surface area contributed by atoms with E-state index >= 15 is 0 Å². The smallest absolute Gasteiger partial charge is 0.145 e. The van der Waals surface area contributed by atoms with Gasteiger partial charge in [-0.1, -0.05) is 39.3 Å². The van der Waals surface area contributed by atoms with Gasteiger partial charge in [-0.3, -0.25) is 0 Å². The molecule has 0 spiro atoms. The van der Waals surface area contributed by atoms with Crippen LogP contribution >= 0.6 is 0 Å². The Morgan fingerprint density at radius 2 is 2.06 bits per heavy atom. The summed E-state index contributed by atoms with van der Waals surface area (Å²) in [6, 6.07) is 0. The highest BCUT2D eigenvalue weighted by Crippen LogP contribution is 2.57. The zero-order valence-electron chi connectivity index (χ0n) is 11.4. The first-order valence-corrected chi connectivity index (χ1v) is 6.87. The van der Waals surface area contributed by atoms with E-state index in [1.807, 2.05) is 6.20 Å². The van der Waals surface area contributed by atoms with Gasteiger partial charge in [0.2, 0.25) is 0 Å². The van der Waals surface area contributed by atoms with Crippen LogP contribution < -0.4 is 0 Å². The molecular weight excluding hydrogens is 210 g/mol. The Balaban J connectivity index is 2.08. The third-order valence-electron chi connectivity index (χ3n) is 5.30. The van der Waals surface area contributed by atoms with Gasteiger partial charge in [-0.2, -0.15) is 0 Å². The van der Waals surface area contributed by atoms with Crippen molar-refractivity contribution in [2.75, 3.05) is 0 Å². The summed E-state index contributed by atoms with van der Waals surface area (Å²) in [5.41, 5.74) is 1.95. The molecule has 3 atom stereocenters. The van der Waals surface area contributed by atoms with Crippen molar-refractivity contribution in [2.45, 2.75) is 58.8 Å². The van der Waals surface area contributed by atoms with Crippen LogP contribution in [0.1, 0.15) is 58.3 Å². The Bertz CT molecular complexity index is 434. The Labute approximate surface area is 104 Å². The van der Waals surface area contributed by atoms with E-state index in [9.17, 15) is 0 Å². The van der Waals surface area contributed by atoms with E-state index in [1.54, 1.807) is 0 Å². The van der Waals surface area contributed by atoms with Crippen LogP contribution in [0.3, 0.4) is 0 Å². The van der Waals surface area contributed by atoms with Crippen LogP contribution in [0.15, 0.2) is 10.7 Å². The zero-order chi connectivity index (χ0) is 12.3. The number of rotatable bonds is 0. The van der Waals surface area contributed by atoms with Crippen molar-refractivity contribution in [3.8, 4) is 0 Å². The summed E-state index contributed by atoms with van der Waals surface area (Å²) in [6.45, 7) is 9.56. The van der Waals surface area contributed by atoms with Crippen LogP contribution in [0, 0.1) is 17.3 Å². The van der Waals surface area contributed by atoms with Crippen molar-refractivity contribution in [2.24, 2.45) is 17.3 Å². The average Bonchev–Trinajstić information content (AvgIpc) is 2.64. The lowest BCUT2D eigenvalue weighted by Gasteiger charge is -2.53. The van der Waals surface area contributed by atoms with Crippen molar-refractivity contribution in [3.05, 3.63) is 17.5 Å². The van der Waals surface area contributed by atoms with E-state index in [0.717, 1.165) is 24.0 Å². The lowest BCUT2D eigenvalue weighted by atomic mass is 9.50. The number of fused-ring (bicyclic) bond motifs is 2. The first-order chi connectivity index (χ1) is 7.93. The van der Waals surface area contributed by atoms with Crippen LogP contribution in [-0.2, 0) is 11.8 Å². The highest BCUT2D eigenvalue weighted by molar-refractivity contribution is 5.30. The van der Waals surface area contributed by atoms with Crippen molar-refractivity contribution < 1.29 is 4.52 Å². The highest BCUT2D eigenvalue weighted by atomic mass is 16.5. The van der Waals surface area contributed by atoms with Gasteiger partial charge in [-0.25, -0.2) is 0 Å². The summed E-state index contributed by atoms with van der Waals surface area (Å²) in [7, 11) is 0. The van der Waals surface area contributed by atoms with Gasteiger partial charge in [0, 0.05) is 11.0 Å². The zero-order valence-corrected chi connectivity index (χ0v) is 11.4. The predicted molar refractivity (Wildman–Crippen MR) is 67.8 cm³/mol. The Kier molecular flexibility index (Phi) is 2.24. The second-order valence-corrected chi connectivity index (χ2v) is 7.17. The number of nitrogens with zero attached hydrogens (tertiary/aromatic N) is 1. The van der Waals surface area contributed by atoms with E-state index in [0.29, 0.717) is 5.41 Å². The van der Waals surface area contributed by atoms with Crippen molar-refractivity contribution >= 4 is 0 Å². The molecule has 0 N–H and O–H groups in total. The number of aromatic nitrogens is 1. The SMILES string of the molecule is CC1CC[C@H]2C(C)(C)c3oncc3C[C@]2(C)C1. The minimum Gasteiger partial charge on any atom is -0.361 e. The van der Waals surface area contributed by atoms with Gasteiger partial charge < -0.3 is 4.52 Å². The highest BCUT2D eigenvalue weighted by Gasteiger charge is 2.53. The molecule has 0 bridgehead atoms. The van der Waals surface area contributed by atoms with Gasteiger partial charge in [0.1, 0.15) is 5.76 Å². The van der Waals surface area contributed by atoms with E-state index < -0.39 is 0 Å². The van der Waals surface area contributed by atoms with E-state index in [2.05, 4.69) is 32.9 Å². The first kappa shape index (κ1) is 11.3. The normalized spacial score (nSPS) is 39.5. The lowest BCUT2D eigenvalue weighted by Crippen LogP contribution is -2.49. The molecule has 0 amide bonds. The maximum atomic E-state index is 5.54. The Morgan fingerprint density at radius 3 is 2.82 bits per heavy atom. The molecule has 1 aromatic heterocycles. The minimum absolute atomic E-state index is 0.152. The Morgan fingerprint density at radius 1 is 1.29 bits per heavy atom. The third kappa shape index (κ3) is 1.49. The molecule has 0 radical (unpaired) electrons. The molecule has 2 heteroatoms. The van der Waals surface area contributed by atoms with Crippen LogP contribution in [-0.4, -0.2) is 5.16 Å². The molecule has 2 aliphatic carbocycles. The molecule has 1 saturated carbocycles. The molecule has 0 aliphatic heterocycles. The van der Waals surface area contributed by atoms with Crippen molar-refractivity contribution in [3.63, 3.8) is 0 Å². The van der Waals surface area contributed by atoms with Crippen LogP contribution in [0.25, 0.3) is 0 Å². The summed E-state index contributed by atoms with van der Waals surface area (Å²) >= 11 is 0. The van der Waals surface area contributed by atoms with E-state index in [-0.39, 0.29) is 5.41 Å². The van der Waals surface area contributed by atoms with Gasteiger partial charge in [0.15, 0.2) is 0 Å². The van der Waals surface area contributed by atoms with E-state index in [1.165, 1.54) is 24.8 Å². The van der Waals surface area contributed by atoms with Gasteiger partial charge in [0.25, 0.3) is 0 Å². The second-order valence-electron chi connectivity index (χ2n) is 7.17. The number of hydrogen-bond donors (Lipinski definition) is 0. The molecule has 0 aromatic carbocycles. The maximum absolute atomic E-state index is 5.54. The molecule has 1 fully saturated rings. The van der Waals surface area contributed by atoms with Gasteiger partial charge in [-0.15, -0.1) is 0 Å². The Hall–Kier alpha value is -0.790. The van der Waals surface area contributed by atoms with Crippen LogP contribution in [0.2, 0.25) is 0 Å². The molecule has 2 nitrogen and oxygen atoms in total. The van der Waals surface area contributed by atoms with Gasteiger partial charge in [-0.05, 0) is 36.5 Å². The fourth-order valence-electron chi connectivity index (χ4n) is 4.78. The summed E-state index contributed by atoms with van der Waals surface area (Å²) in [4.78, 5) is 0. The summed E-state index contributed by atoms with van der Waals surface area (Å²) < 4.78 is 5.54. The third-order valence-corrected chi connectivity index (χ3v) is 5.30. The molecule has 1 aromatic rings. The summed E-state index contributed by atoms with van der Waals surface area (Å²) in [5, 5.41) is 4.03. The molecule has 17 heavy (non-hydrogen) atoms. The van der Waals surface area contributed by atoms with E-state index in [4.69, 9.17) is 4.52 Å². The molecule has 1 heterocycles. The molecule has 1 unspecified atom stereocenters. The molecule has 94 valence electrons. The monoisotopic (exact) mass is 233 g/mol. The lowest BCUT2D eigenvalue weighted by molar-refractivity contribution is 0.00781. The first-order valence-electron chi connectivity index (χ1n) is 6.87. The fraction of sp³-hybridized carbons (Fsp3) is 0.800. The minimum atomic E-state index is 0.152. The largest absolute Gasteiger partial charge is 0.361 e. The van der Waals surface area contributed by atoms with Crippen molar-refractivity contribution in [1.29, 1.82) is 0 Å². The summed E-state index contributed by atoms with van der Waals surface area (Å²) in [5.74, 6) is 2.76. The van der Waals surface area contributed by atoms with Gasteiger partial charge >= 0.3 is 0 Å². The van der Waals surface area contributed by atoms with Crippen LogP contribution in [0.4, 0.5) is 0 Å². The predicted octanol–water partition coefficient (Wildman–Crippen LogP) is 3.95. The van der Waals surface area contributed by atoms with Crippen molar-refractivity contribution in [1.82, 2.24) is 5.16 Å². The topological polar surface area (TPSA) is 26.0 Å². The average molecular weight is 233 g/mol. The quantitative estimate of drug-likeness (QED) is 0.678. The van der Waals surface area contributed by atoms with Crippen LogP contribution in [0.5, 0.6) is 0 Å². The molecule has 3 rings (SSSR count). The molecule has 2 aliphatic rings. The molecule has 0 saturated heterocycles. The number of hydrogen-bond acceptors (Lipinski definition) is 2. The molecular formula is C15H23NO. The maximum Gasteiger partial charge on any atom is 0.145 e. The summed E-state index contributed by atoms with van der Waals surface area (Å²) in [6.07, 6.45) is 7.16. The second kappa shape index (κ2) is 3.37. The van der Waals surface area contributed by atoms with Gasteiger partial charge in [0.05, 0.1) is 6.20 Å². The fourth-order valence-corrected chi connectivity index (χ4v) is 4.78.